The second-order valence-electron chi connectivity index (χ2n) is 9.39. The molecule has 1 heterocycles. The van der Waals surface area contributed by atoms with E-state index in [4.69, 9.17) is 32.7 Å². The number of aromatic nitrogens is 1. The Morgan fingerprint density at radius 3 is 2.50 bits per heavy atom. The van der Waals surface area contributed by atoms with Crippen LogP contribution in [0.3, 0.4) is 0 Å². The van der Waals surface area contributed by atoms with Crippen LogP contribution in [-0.4, -0.2) is 23.8 Å². The molecule has 1 N–H and O–H groups in total. The lowest BCUT2D eigenvalue weighted by molar-refractivity contribution is 0.0728. The Kier molecular flexibility index (Phi) is 8.72. The van der Waals surface area contributed by atoms with Gasteiger partial charge >= 0.3 is 5.97 Å². The molecule has 38 heavy (non-hydrogen) atoms. The maximum atomic E-state index is 12.8. The molecule has 0 bridgehead atoms. The Hall–Kier alpha value is -3.39. The number of nitrogens with one attached hydrogen (secondary N) is 1. The Labute approximate surface area is 236 Å². The summed E-state index contributed by atoms with van der Waals surface area (Å²) >= 11 is 13.7. The quantitative estimate of drug-likeness (QED) is 0.0999. The SMILES string of the molecule is CCOc1cc(/C=N\Nc2nc(-c3ccc(Cl)cc3Cl)cs2)ccc1OC(=O)c1ccc(C(C)(C)C)cc1. The van der Waals surface area contributed by atoms with Gasteiger partial charge in [0.25, 0.3) is 0 Å². The van der Waals surface area contributed by atoms with Crippen molar-refractivity contribution in [3.8, 4) is 22.8 Å². The third-order valence-corrected chi connectivity index (χ3v) is 6.84. The van der Waals surface area contributed by atoms with E-state index in [1.54, 1.807) is 48.7 Å². The molecule has 4 aromatic rings. The summed E-state index contributed by atoms with van der Waals surface area (Å²) in [6.07, 6.45) is 1.63. The average molecular weight is 569 g/mol. The maximum Gasteiger partial charge on any atom is 0.343 e. The highest BCUT2D eigenvalue weighted by Crippen LogP contribution is 2.33. The Bertz CT molecular complexity index is 1460. The molecule has 0 saturated heterocycles. The van der Waals surface area contributed by atoms with Crippen LogP contribution in [0.25, 0.3) is 11.3 Å². The van der Waals surface area contributed by atoms with Crippen LogP contribution < -0.4 is 14.9 Å². The fraction of sp³-hybridized carbons (Fsp3) is 0.207. The largest absolute Gasteiger partial charge is 0.490 e. The average Bonchev–Trinajstić information content (AvgIpc) is 3.33. The number of halogens is 2. The molecular formula is C29H27Cl2N3O3S. The van der Waals surface area contributed by atoms with E-state index in [9.17, 15) is 4.79 Å². The van der Waals surface area contributed by atoms with Crippen LogP contribution in [0.1, 0.15) is 49.2 Å². The number of hydrazone groups is 1. The minimum Gasteiger partial charge on any atom is -0.490 e. The Morgan fingerprint density at radius 1 is 1.05 bits per heavy atom. The van der Waals surface area contributed by atoms with Crippen LogP contribution in [0.15, 0.2) is 71.1 Å². The topological polar surface area (TPSA) is 72.8 Å². The number of anilines is 1. The Balaban J connectivity index is 1.43. The van der Waals surface area contributed by atoms with Crippen molar-refractivity contribution in [2.45, 2.75) is 33.1 Å². The zero-order valence-corrected chi connectivity index (χ0v) is 23.7. The summed E-state index contributed by atoms with van der Waals surface area (Å²) in [5.41, 5.74) is 6.83. The first-order valence-electron chi connectivity index (χ1n) is 11.9. The molecule has 1 aromatic heterocycles. The third-order valence-electron chi connectivity index (χ3n) is 5.54. The molecule has 0 amide bonds. The van der Waals surface area contributed by atoms with Crippen LogP contribution in [0.4, 0.5) is 5.13 Å². The van der Waals surface area contributed by atoms with Gasteiger partial charge in [0.05, 0.1) is 29.1 Å². The molecule has 0 aliphatic rings. The van der Waals surface area contributed by atoms with Gasteiger partial charge in [-0.05, 0) is 72.0 Å². The number of esters is 1. The van der Waals surface area contributed by atoms with Crippen molar-refractivity contribution in [2.24, 2.45) is 5.10 Å². The second-order valence-corrected chi connectivity index (χ2v) is 11.1. The predicted molar refractivity (Wildman–Crippen MR) is 156 cm³/mol. The normalized spacial score (nSPS) is 11.5. The lowest BCUT2D eigenvalue weighted by Gasteiger charge is -2.19. The highest BCUT2D eigenvalue weighted by Gasteiger charge is 2.17. The highest BCUT2D eigenvalue weighted by atomic mass is 35.5. The van der Waals surface area contributed by atoms with E-state index in [1.165, 1.54) is 11.3 Å². The van der Waals surface area contributed by atoms with Crippen molar-refractivity contribution in [3.63, 3.8) is 0 Å². The number of hydrogen-bond donors (Lipinski definition) is 1. The van der Waals surface area contributed by atoms with Gasteiger partial charge in [0.1, 0.15) is 0 Å². The smallest absolute Gasteiger partial charge is 0.343 e. The molecule has 4 rings (SSSR count). The van der Waals surface area contributed by atoms with Crippen molar-refractivity contribution in [2.75, 3.05) is 12.0 Å². The minimum atomic E-state index is -0.449. The van der Waals surface area contributed by atoms with Crippen LogP contribution in [0.2, 0.25) is 10.0 Å². The lowest BCUT2D eigenvalue weighted by Crippen LogP contribution is -2.13. The minimum absolute atomic E-state index is 0.00306. The van der Waals surface area contributed by atoms with Gasteiger partial charge in [-0.3, -0.25) is 5.43 Å². The molecule has 196 valence electrons. The summed E-state index contributed by atoms with van der Waals surface area (Å²) in [6.45, 7) is 8.66. The number of hydrogen-bond acceptors (Lipinski definition) is 7. The van der Waals surface area contributed by atoms with Crippen LogP contribution >= 0.6 is 34.5 Å². The molecule has 0 radical (unpaired) electrons. The van der Waals surface area contributed by atoms with E-state index in [-0.39, 0.29) is 5.41 Å². The zero-order valence-electron chi connectivity index (χ0n) is 21.4. The van der Waals surface area contributed by atoms with Gasteiger partial charge < -0.3 is 9.47 Å². The van der Waals surface area contributed by atoms with E-state index in [0.29, 0.717) is 38.8 Å². The molecule has 3 aromatic carbocycles. The number of carbonyl (C=O) groups is 1. The number of thiazole rings is 1. The molecule has 6 nitrogen and oxygen atoms in total. The molecule has 0 fully saturated rings. The van der Waals surface area contributed by atoms with Gasteiger partial charge in [0, 0.05) is 16.0 Å². The second kappa shape index (κ2) is 12.0. The van der Waals surface area contributed by atoms with Gasteiger partial charge in [0.2, 0.25) is 5.13 Å². The summed E-state index contributed by atoms with van der Waals surface area (Å²) in [5, 5.41) is 7.87. The van der Waals surface area contributed by atoms with Crippen molar-refractivity contribution in [1.29, 1.82) is 0 Å². The van der Waals surface area contributed by atoms with E-state index in [1.807, 2.05) is 30.5 Å². The number of rotatable bonds is 8. The fourth-order valence-corrected chi connectivity index (χ4v) is 4.70. The summed E-state index contributed by atoms with van der Waals surface area (Å²) in [5.74, 6) is 0.339. The molecule has 0 aliphatic heterocycles. The lowest BCUT2D eigenvalue weighted by atomic mass is 9.87. The van der Waals surface area contributed by atoms with Crippen LogP contribution in [-0.2, 0) is 5.41 Å². The van der Waals surface area contributed by atoms with Gasteiger partial charge in [-0.1, -0.05) is 56.1 Å². The first-order valence-corrected chi connectivity index (χ1v) is 13.6. The number of ether oxygens (including phenoxy) is 2. The monoisotopic (exact) mass is 567 g/mol. The summed E-state index contributed by atoms with van der Waals surface area (Å²) in [7, 11) is 0. The van der Waals surface area contributed by atoms with Crippen LogP contribution in [0.5, 0.6) is 11.5 Å². The van der Waals surface area contributed by atoms with E-state index in [0.717, 1.165) is 22.4 Å². The molecule has 0 saturated carbocycles. The molecule has 9 heteroatoms. The van der Waals surface area contributed by atoms with Crippen molar-refractivity contribution in [1.82, 2.24) is 4.98 Å². The van der Waals surface area contributed by atoms with Gasteiger partial charge in [0.15, 0.2) is 11.5 Å². The maximum absolute atomic E-state index is 12.8. The summed E-state index contributed by atoms with van der Waals surface area (Å²) < 4.78 is 11.4. The number of nitrogens with zero attached hydrogens (tertiary/aromatic N) is 2. The Morgan fingerprint density at radius 2 is 1.82 bits per heavy atom. The van der Waals surface area contributed by atoms with Gasteiger partial charge in [-0.25, -0.2) is 9.78 Å². The molecule has 0 atom stereocenters. The third kappa shape index (κ3) is 6.92. The first-order chi connectivity index (χ1) is 18.1. The molecule has 0 aliphatic carbocycles. The predicted octanol–water partition coefficient (Wildman–Crippen LogP) is 8.48. The zero-order chi connectivity index (χ0) is 27.3. The first kappa shape index (κ1) is 27.6. The number of benzene rings is 3. The molecule has 0 unspecified atom stereocenters. The summed E-state index contributed by atoms with van der Waals surface area (Å²) in [4.78, 5) is 17.3. The van der Waals surface area contributed by atoms with Crippen LogP contribution in [0, 0.1) is 0 Å². The van der Waals surface area contributed by atoms with E-state index < -0.39 is 5.97 Å². The highest BCUT2D eigenvalue weighted by molar-refractivity contribution is 7.14. The van der Waals surface area contributed by atoms with Gasteiger partial charge in [-0.15, -0.1) is 11.3 Å². The summed E-state index contributed by atoms with van der Waals surface area (Å²) in [6, 6.07) is 18.0. The molecular weight excluding hydrogens is 541 g/mol. The van der Waals surface area contributed by atoms with E-state index >= 15 is 0 Å². The van der Waals surface area contributed by atoms with E-state index in [2.05, 4.69) is 36.3 Å². The number of carbonyl (C=O) groups excluding carboxylic acids is 1. The van der Waals surface area contributed by atoms with Gasteiger partial charge in [-0.2, -0.15) is 5.10 Å². The standard InChI is InChI=1S/C29H27Cl2N3O3S/c1-5-36-26-14-18(6-13-25(26)37-27(35)19-7-9-20(10-8-19)29(2,3)4)16-32-34-28-33-24(17-38-28)22-12-11-21(30)15-23(22)31/h6-17H,5H2,1-4H3,(H,33,34)/b32-16-. The fourth-order valence-electron chi connectivity index (χ4n) is 3.53. The van der Waals surface area contributed by atoms with Crippen molar-refractivity contribution >= 4 is 51.9 Å². The van der Waals surface area contributed by atoms with Crippen molar-refractivity contribution in [3.05, 3.63) is 92.8 Å². The van der Waals surface area contributed by atoms with Crippen molar-refractivity contribution < 1.29 is 14.3 Å². The molecule has 0 spiro atoms.